The number of carbonyl (C=O) groups is 1. The van der Waals surface area contributed by atoms with Crippen LogP contribution in [0.1, 0.15) is 30.7 Å². The summed E-state index contributed by atoms with van der Waals surface area (Å²) in [5.74, 6) is -0.199. The molecule has 0 saturated heterocycles. The predicted octanol–water partition coefficient (Wildman–Crippen LogP) is 2.61. The Morgan fingerprint density at radius 1 is 1.38 bits per heavy atom. The van der Waals surface area contributed by atoms with Crippen LogP contribution in [-0.2, 0) is 11.3 Å². The molecule has 1 aromatic heterocycles. The first-order chi connectivity index (χ1) is 7.58. The number of hydrogen-bond donors (Lipinski definition) is 1. The third kappa shape index (κ3) is 2.13. The number of carboxylic acids is 1. The Kier molecular flexibility index (Phi) is 3.03. The van der Waals surface area contributed by atoms with Crippen molar-refractivity contribution < 1.29 is 9.90 Å². The summed E-state index contributed by atoms with van der Waals surface area (Å²) in [5.41, 5.74) is 2.55. The molecule has 1 saturated carbocycles. The van der Waals surface area contributed by atoms with Crippen molar-refractivity contribution in [2.24, 2.45) is 11.8 Å². The number of aryl methyl sites for hydroxylation is 2. The van der Waals surface area contributed by atoms with E-state index in [0.717, 1.165) is 25.8 Å². The molecule has 16 heavy (non-hydrogen) atoms. The van der Waals surface area contributed by atoms with Crippen LogP contribution in [0.5, 0.6) is 0 Å². The summed E-state index contributed by atoms with van der Waals surface area (Å²) in [5, 5.41) is 8.96. The fourth-order valence-corrected chi connectivity index (χ4v) is 2.71. The van der Waals surface area contributed by atoms with Gasteiger partial charge >= 0.3 is 5.97 Å². The first-order valence-electron chi connectivity index (χ1n) is 5.93. The average Bonchev–Trinajstić information content (AvgIpc) is 2.80. The van der Waals surface area contributed by atoms with Gasteiger partial charge in [0, 0.05) is 17.9 Å². The summed E-state index contributed by atoms with van der Waals surface area (Å²) in [6.45, 7) is 5.20. The molecule has 1 aliphatic carbocycles. The molecule has 0 aromatic carbocycles. The van der Waals surface area contributed by atoms with Gasteiger partial charge < -0.3 is 9.67 Å². The van der Waals surface area contributed by atoms with Gasteiger partial charge in [-0.2, -0.15) is 0 Å². The number of carboxylic acid groups (broad SMARTS) is 1. The standard InChI is InChI=1S/C13H19NO2/c1-9-3-4-10(2)14(9)8-11-5-6-12(7-11)13(15)16/h3-4,11-12H,5-8H2,1-2H3,(H,15,16). The van der Waals surface area contributed by atoms with E-state index < -0.39 is 5.97 Å². The van der Waals surface area contributed by atoms with Gasteiger partial charge in [-0.1, -0.05) is 0 Å². The Hall–Kier alpha value is -1.25. The zero-order valence-electron chi connectivity index (χ0n) is 9.94. The third-order valence-electron chi connectivity index (χ3n) is 3.75. The number of aliphatic carboxylic acids is 1. The molecule has 2 atom stereocenters. The highest BCUT2D eigenvalue weighted by molar-refractivity contribution is 5.70. The van der Waals surface area contributed by atoms with Crippen LogP contribution in [0.25, 0.3) is 0 Å². The molecule has 1 aliphatic rings. The summed E-state index contributed by atoms with van der Waals surface area (Å²) >= 11 is 0. The Labute approximate surface area is 96.1 Å². The highest BCUT2D eigenvalue weighted by Crippen LogP contribution is 2.32. The lowest BCUT2D eigenvalue weighted by molar-refractivity contribution is -0.141. The fourth-order valence-electron chi connectivity index (χ4n) is 2.71. The summed E-state index contributed by atoms with van der Waals surface area (Å²) in [6.07, 6.45) is 2.74. The van der Waals surface area contributed by atoms with E-state index in [9.17, 15) is 4.79 Å². The van der Waals surface area contributed by atoms with E-state index in [4.69, 9.17) is 5.11 Å². The van der Waals surface area contributed by atoms with Gasteiger partial charge in [0.05, 0.1) is 5.92 Å². The van der Waals surface area contributed by atoms with Gasteiger partial charge in [0.25, 0.3) is 0 Å². The second-order valence-electron chi connectivity index (χ2n) is 4.94. The molecule has 1 N–H and O–H groups in total. The lowest BCUT2D eigenvalue weighted by atomic mass is 10.1. The van der Waals surface area contributed by atoms with Crippen LogP contribution in [0.2, 0.25) is 0 Å². The van der Waals surface area contributed by atoms with Crippen molar-refractivity contribution >= 4 is 5.97 Å². The van der Waals surface area contributed by atoms with Crippen LogP contribution in [-0.4, -0.2) is 15.6 Å². The summed E-state index contributed by atoms with van der Waals surface area (Å²) < 4.78 is 2.30. The number of aromatic nitrogens is 1. The summed E-state index contributed by atoms with van der Waals surface area (Å²) in [7, 11) is 0. The minimum atomic E-state index is -0.622. The van der Waals surface area contributed by atoms with Crippen LogP contribution >= 0.6 is 0 Å². The van der Waals surface area contributed by atoms with E-state index in [1.807, 2.05) is 0 Å². The molecule has 1 heterocycles. The molecule has 2 rings (SSSR count). The van der Waals surface area contributed by atoms with Gasteiger partial charge in [0.2, 0.25) is 0 Å². The van der Waals surface area contributed by atoms with Crippen LogP contribution in [0.3, 0.4) is 0 Å². The topological polar surface area (TPSA) is 42.2 Å². The lowest BCUT2D eigenvalue weighted by Crippen LogP contribution is -2.13. The molecule has 1 fully saturated rings. The molecule has 2 unspecified atom stereocenters. The van der Waals surface area contributed by atoms with E-state index in [1.165, 1.54) is 11.4 Å². The number of nitrogens with zero attached hydrogens (tertiary/aromatic N) is 1. The second kappa shape index (κ2) is 4.32. The van der Waals surface area contributed by atoms with Gasteiger partial charge in [0.15, 0.2) is 0 Å². The molecular weight excluding hydrogens is 202 g/mol. The molecule has 0 bridgehead atoms. The van der Waals surface area contributed by atoms with E-state index in [1.54, 1.807) is 0 Å². The van der Waals surface area contributed by atoms with E-state index in [0.29, 0.717) is 5.92 Å². The SMILES string of the molecule is Cc1ccc(C)n1CC1CCC(C(=O)O)C1. The van der Waals surface area contributed by atoms with Crippen molar-refractivity contribution in [2.45, 2.75) is 39.7 Å². The van der Waals surface area contributed by atoms with Crippen LogP contribution in [0.4, 0.5) is 0 Å². The minimum absolute atomic E-state index is 0.110. The van der Waals surface area contributed by atoms with E-state index in [-0.39, 0.29) is 5.92 Å². The molecule has 88 valence electrons. The Bertz CT molecular complexity index is 375. The van der Waals surface area contributed by atoms with Crippen molar-refractivity contribution in [3.8, 4) is 0 Å². The van der Waals surface area contributed by atoms with Crippen LogP contribution in [0, 0.1) is 25.7 Å². The Balaban J connectivity index is 2.00. The van der Waals surface area contributed by atoms with Crippen LogP contribution in [0.15, 0.2) is 12.1 Å². The van der Waals surface area contributed by atoms with Gasteiger partial charge in [-0.05, 0) is 51.2 Å². The lowest BCUT2D eigenvalue weighted by Gasteiger charge is -2.14. The first kappa shape index (κ1) is 11.2. The molecule has 0 spiro atoms. The minimum Gasteiger partial charge on any atom is -0.481 e. The summed E-state index contributed by atoms with van der Waals surface area (Å²) in [4.78, 5) is 10.9. The van der Waals surface area contributed by atoms with Crippen molar-refractivity contribution in [3.63, 3.8) is 0 Å². The van der Waals surface area contributed by atoms with Crippen molar-refractivity contribution in [1.29, 1.82) is 0 Å². The third-order valence-corrected chi connectivity index (χ3v) is 3.75. The summed E-state index contributed by atoms with van der Waals surface area (Å²) in [6, 6.07) is 4.25. The van der Waals surface area contributed by atoms with Gasteiger partial charge in [0.1, 0.15) is 0 Å². The quantitative estimate of drug-likeness (QED) is 0.852. The molecular formula is C13H19NO2. The van der Waals surface area contributed by atoms with Gasteiger partial charge in [-0.25, -0.2) is 0 Å². The van der Waals surface area contributed by atoms with Crippen LogP contribution < -0.4 is 0 Å². The van der Waals surface area contributed by atoms with E-state index in [2.05, 4.69) is 30.5 Å². The average molecular weight is 221 g/mol. The Morgan fingerprint density at radius 3 is 2.50 bits per heavy atom. The maximum Gasteiger partial charge on any atom is 0.306 e. The molecule has 0 amide bonds. The normalized spacial score (nSPS) is 24.9. The smallest absolute Gasteiger partial charge is 0.306 e. The van der Waals surface area contributed by atoms with Crippen molar-refractivity contribution in [3.05, 3.63) is 23.5 Å². The fraction of sp³-hybridized carbons (Fsp3) is 0.615. The highest BCUT2D eigenvalue weighted by atomic mass is 16.4. The van der Waals surface area contributed by atoms with Gasteiger partial charge in [-0.3, -0.25) is 4.79 Å². The first-order valence-corrected chi connectivity index (χ1v) is 5.93. The van der Waals surface area contributed by atoms with E-state index >= 15 is 0 Å². The molecule has 0 aliphatic heterocycles. The predicted molar refractivity (Wildman–Crippen MR) is 62.4 cm³/mol. The molecule has 3 heteroatoms. The molecule has 0 radical (unpaired) electrons. The zero-order chi connectivity index (χ0) is 11.7. The van der Waals surface area contributed by atoms with Gasteiger partial charge in [-0.15, -0.1) is 0 Å². The number of hydrogen-bond acceptors (Lipinski definition) is 1. The molecule has 1 aromatic rings. The Morgan fingerprint density at radius 2 is 2.00 bits per heavy atom. The monoisotopic (exact) mass is 221 g/mol. The second-order valence-corrected chi connectivity index (χ2v) is 4.94. The number of rotatable bonds is 3. The maximum absolute atomic E-state index is 10.9. The maximum atomic E-state index is 10.9. The highest BCUT2D eigenvalue weighted by Gasteiger charge is 2.29. The van der Waals surface area contributed by atoms with Crippen molar-refractivity contribution in [2.75, 3.05) is 0 Å². The molecule has 3 nitrogen and oxygen atoms in total. The largest absolute Gasteiger partial charge is 0.481 e. The zero-order valence-corrected chi connectivity index (χ0v) is 9.94. The van der Waals surface area contributed by atoms with Crippen molar-refractivity contribution in [1.82, 2.24) is 4.57 Å².